The molecule has 0 bridgehead atoms. The Labute approximate surface area is 111 Å². The zero-order chi connectivity index (χ0) is 15.5. The molecular formula is C16H35N. The van der Waals surface area contributed by atoms with Gasteiger partial charge in [-0.25, -0.2) is 0 Å². The Bertz CT molecular complexity index is 56.3. The van der Waals surface area contributed by atoms with Crippen molar-refractivity contribution in [1.82, 2.24) is 0 Å². The summed E-state index contributed by atoms with van der Waals surface area (Å²) in [5, 5.41) is 0. The van der Waals surface area contributed by atoms with Gasteiger partial charge in [-0.05, 0) is 13.0 Å². The van der Waals surface area contributed by atoms with Crippen LogP contribution in [0.4, 0.5) is 0 Å². The first-order chi connectivity index (χ1) is 8.41. The van der Waals surface area contributed by atoms with Crippen LogP contribution in [0.2, 0.25) is 0 Å². The maximum atomic E-state index is 5.27. The quantitative estimate of drug-likeness (QED) is 0.508. The Morgan fingerprint density at radius 3 is 1.06 bits per heavy atom. The highest BCUT2D eigenvalue weighted by atomic mass is 14.5. The van der Waals surface area contributed by atoms with Crippen LogP contribution in [0.1, 0.15) is 32.6 Å². The van der Waals surface area contributed by atoms with Crippen LogP contribution in [-0.4, -0.2) is 6.54 Å². The molecule has 0 aliphatic rings. The van der Waals surface area contributed by atoms with Crippen molar-refractivity contribution >= 4 is 0 Å². The molecule has 17 heavy (non-hydrogen) atoms. The molecule has 0 saturated heterocycles. The van der Waals surface area contributed by atoms with E-state index in [0.717, 1.165) is 6.54 Å². The van der Waals surface area contributed by atoms with Gasteiger partial charge in [-0.2, -0.15) is 0 Å². The lowest BCUT2D eigenvalue weighted by atomic mass is 10.2. The fourth-order valence-corrected chi connectivity index (χ4v) is 0.571. The second-order valence-electron chi connectivity index (χ2n) is 1.85. The zero-order valence-corrected chi connectivity index (χ0v) is 12.2. The molecule has 0 aliphatic heterocycles. The molecule has 0 unspecified atom stereocenters. The Kier molecular flexibility index (Phi) is 433. The number of hydrogen-bond acceptors (Lipinski definition) is 1. The van der Waals surface area contributed by atoms with Crippen LogP contribution in [0.5, 0.6) is 0 Å². The summed E-state index contributed by atoms with van der Waals surface area (Å²) in [5.41, 5.74) is 5.27. The second-order valence-corrected chi connectivity index (χ2v) is 1.85. The van der Waals surface area contributed by atoms with E-state index < -0.39 is 0 Å². The Morgan fingerprint density at radius 1 is 0.588 bits per heavy atom. The predicted molar refractivity (Wildman–Crippen MR) is 89.5 cm³/mol. The molecule has 0 saturated carbocycles. The van der Waals surface area contributed by atoms with Crippen LogP contribution in [-0.2, 0) is 0 Å². The van der Waals surface area contributed by atoms with Gasteiger partial charge in [0.05, 0.1) is 0 Å². The van der Waals surface area contributed by atoms with E-state index in [1.807, 2.05) is 0 Å². The third kappa shape index (κ3) is 332. The average molecular weight is 241 g/mol. The van der Waals surface area contributed by atoms with Crippen LogP contribution in [0.25, 0.3) is 0 Å². The Morgan fingerprint density at radius 2 is 0.882 bits per heavy atom. The van der Waals surface area contributed by atoms with Crippen molar-refractivity contribution in [2.75, 3.05) is 6.54 Å². The van der Waals surface area contributed by atoms with Crippen molar-refractivity contribution in [3.05, 3.63) is 65.8 Å². The Balaban J connectivity index is -0.0000000257. The van der Waals surface area contributed by atoms with Gasteiger partial charge >= 0.3 is 0 Å². The number of rotatable bonds is 4. The molecular weight excluding hydrogens is 206 g/mol. The van der Waals surface area contributed by atoms with Gasteiger partial charge in [0.25, 0.3) is 0 Å². The maximum absolute atomic E-state index is 5.27. The molecule has 0 aromatic carbocycles. The normalized spacial score (nSPS) is 5.06. The van der Waals surface area contributed by atoms with Crippen molar-refractivity contribution in [2.24, 2.45) is 5.73 Å². The van der Waals surface area contributed by atoms with Gasteiger partial charge < -0.3 is 5.73 Å². The summed E-state index contributed by atoms with van der Waals surface area (Å²) in [6, 6.07) is 0. The van der Waals surface area contributed by atoms with Gasteiger partial charge in [0, 0.05) is 0 Å². The largest absolute Gasteiger partial charge is 0.330 e. The summed E-state index contributed by atoms with van der Waals surface area (Å²) in [6.07, 6.45) is 5.16. The summed E-state index contributed by atoms with van der Waals surface area (Å²) < 4.78 is 0. The summed E-state index contributed by atoms with van der Waals surface area (Å²) >= 11 is 0. The van der Waals surface area contributed by atoms with Gasteiger partial charge in [-0.15, -0.1) is 65.8 Å². The average Bonchev–Trinajstić information content (AvgIpc) is 2.50. The van der Waals surface area contributed by atoms with E-state index in [1.54, 1.807) is 0 Å². The van der Waals surface area contributed by atoms with Gasteiger partial charge in [0.1, 0.15) is 0 Å². The molecule has 2 N–H and O–H groups in total. The predicted octanol–water partition coefficient (Wildman–Crippen LogP) is 5.54. The molecule has 0 aromatic heterocycles. The van der Waals surface area contributed by atoms with Gasteiger partial charge in [-0.1, -0.05) is 26.2 Å². The van der Waals surface area contributed by atoms with Crippen LogP contribution >= 0.6 is 0 Å². The molecule has 0 atom stereocenters. The molecule has 0 spiro atoms. The molecule has 1 heteroatoms. The highest BCUT2D eigenvalue weighted by Gasteiger charge is 1.80. The summed E-state index contributed by atoms with van der Waals surface area (Å²) in [4.78, 5) is 0. The Hall–Kier alpha value is -1.34. The van der Waals surface area contributed by atoms with E-state index in [0.29, 0.717) is 0 Å². The SMILES string of the molecule is C=C.C=C.C=C.C=C.C=C.CCCCCCN. The summed E-state index contributed by atoms with van der Waals surface area (Å²) in [7, 11) is 0. The molecule has 104 valence electrons. The minimum absolute atomic E-state index is 0.861. The lowest BCUT2D eigenvalue weighted by Gasteiger charge is -1.90. The van der Waals surface area contributed by atoms with Crippen molar-refractivity contribution in [1.29, 1.82) is 0 Å². The minimum atomic E-state index is 0.861. The third-order valence-electron chi connectivity index (χ3n) is 1.06. The minimum Gasteiger partial charge on any atom is -0.330 e. The molecule has 0 aromatic rings. The van der Waals surface area contributed by atoms with E-state index in [2.05, 4.69) is 72.7 Å². The number of nitrogens with two attached hydrogens (primary N) is 1. The fraction of sp³-hybridized carbons (Fsp3) is 0.375. The second kappa shape index (κ2) is 204. The lowest BCUT2D eigenvalue weighted by molar-refractivity contribution is 0.674. The molecule has 0 fully saturated rings. The topological polar surface area (TPSA) is 26.0 Å². The first kappa shape index (κ1) is 36.1. The highest BCUT2D eigenvalue weighted by molar-refractivity contribution is 4.38. The van der Waals surface area contributed by atoms with Crippen molar-refractivity contribution < 1.29 is 0 Å². The zero-order valence-electron chi connectivity index (χ0n) is 12.2. The van der Waals surface area contributed by atoms with E-state index in [1.165, 1.54) is 25.7 Å². The van der Waals surface area contributed by atoms with Crippen LogP contribution in [0.15, 0.2) is 65.8 Å². The first-order valence-electron chi connectivity index (χ1n) is 5.62. The molecule has 0 heterocycles. The molecule has 0 amide bonds. The van der Waals surface area contributed by atoms with Crippen molar-refractivity contribution in [2.45, 2.75) is 32.6 Å². The molecule has 1 nitrogen and oxygen atoms in total. The fourth-order valence-electron chi connectivity index (χ4n) is 0.571. The van der Waals surface area contributed by atoms with E-state index in [4.69, 9.17) is 5.73 Å². The van der Waals surface area contributed by atoms with E-state index in [-0.39, 0.29) is 0 Å². The van der Waals surface area contributed by atoms with Crippen LogP contribution < -0.4 is 5.73 Å². The van der Waals surface area contributed by atoms with Gasteiger partial charge in [0.15, 0.2) is 0 Å². The summed E-state index contributed by atoms with van der Waals surface area (Å²) in [5.74, 6) is 0. The molecule has 0 rings (SSSR count). The third-order valence-corrected chi connectivity index (χ3v) is 1.06. The molecule has 0 aliphatic carbocycles. The molecule has 0 radical (unpaired) electrons. The number of unbranched alkanes of at least 4 members (excludes halogenated alkanes) is 3. The number of hydrogen-bond donors (Lipinski definition) is 1. The van der Waals surface area contributed by atoms with Gasteiger partial charge in [-0.3, -0.25) is 0 Å². The monoisotopic (exact) mass is 241 g/mol. The van der Waals surface area contributed by atoms with Crippen molar-refractivity contribution in [3.63, 3.8) is 0 Å². The lowest BCUT2D eigenvalue weighted by Crippen LogP contribution is -1.97. The smallest absolute Gasteiger partial charge is 0.00773 e. The first-order valence-corrected chi connectivity index (χ1v) is 5.62. The van der Waals surface area contributed by atoms with Crippen LogP contribution in [0.3, 0.4) is 0 Å². The van der Waals surface area contributed by atoms with Gasteiger partial charge in [0.2, 0.25) is 0 Å². The summed E-state index contributed by atoms with van der Waals surface area (Å²) in [6.45, 7) is 33.1. The van der Waals surface area contributed by atoms with Crippen LogP contribution in [0, 0.1) is 0 Å². The maximum Gasteiger partial charge on any atom is -0.00773 e. The highest BCUT2D eigenvalue weighted by Crippen LogP contribution is 1.95. The van der Waals surface area contributed by atoms with Crippen molar-refractivity contribution in [3.8, 4) is 0 Å². The van der Waals surface area contributed by atoms with E-state index >= 15 is 0 Å². The van der Waals surface area contributed by atoms with E-state index in [9.17, 15) is 0 Å². The standard InChI is InChI=1S/C6H15N.5C2H4/c1-2-3-4-5-6-7;5*1-2/h2-7H2,1H3;5*1-2H2.